The molecule has 5 heteroatoms. The van der Waals surface area contributed by atoms with Crippen molar-refractivity contribution in [2.24, 2.45) is 0 Å². The molecule has 0 aromatic carbocycles. The molecule has 0 fully saturated rings. The number of nitrogens with zero attached hydrogens (tertiary/aromatic N) is 2. The molecule has 1 N–H and O–H groups in total. The van der Waals surface area contributed by atoms with Gasteiger partial charge in [0.15, 0.2) is 0 Å². The number of nitrogens with one attached hydrogen (secondary N) is 1. The Morgan fingerprint density at radius 3 is 3.10 bits per heavy atom. The second-order valence-electron chi connectivity index (χ2n) is 5.28. The van der Waals surface area contributed by atoms with Crippen LogP contribution in [0.3, 0.4) is 0 Å². The molecule has 0 saturated heterocycles. The molecule has 112 valence electrons. The number of hydrogen-bond acceptors (Lipinski definition) is 5. The third-order valence-corrected chi connectivity index (χ3v) is 5.10. The first-order chi connectivity index (χ1) is 10.3. The van der Waals surface area contributed by atoms with E-state index < -0.39 is 0 Å². The van der Waals surface area contributed by atoms with E-state index in [1.165, 1.54) is 29.7 Å². The normalized spacial score (nSPS) is 19.0. The maximum Gasteiger partial charge on any atom is 0.237 e. The summed E-state index contributed by atoms with van der Waals surface area (Å²) >= 11 is 1.87. The molecule has 0 saturated carbocycles. The van der Waals surface area contributed by atoms with Crippen molar-refractivity contribution in [3.05, 3.63) is 40.0 Å². The standard InChI is InChI=1S/C16H21N3OS/c1-3-17-14(15-16(20-2)19-9-8-18-15)12-5-4-6-13-11(12)7-10-21-13/h7-10,12,14,17H,3-6H2,1-2H3. The summed E-state index contributed by atoms with van der Waals surface area (Å²) in [6.45, 7) is 3.04. The van der Waals surface area contributed by atoms with Gasteiger partial charge in [0.05, 0.1) is 13.2 Å². The minimum atomic E-state index is 0.160. The van der Waals surface area contributed by atoms with Gasteiger partial charge in [-0.05, 0) is 42.8 Å². The van der Waals surface area contributed by atoms with Crippen LogP contribution < -0.4 is 10.1 Å². The second-order valence-corrected chi connectivity index (χ2v) is 6.28. The zero-order valence-corrected chi connectivity index (χ0v) is 13.3. The van der Waals surface area contributed by atoms with Crippen LogP contribution in [0.25, 0.3) is 0 Å². The molecule has 21 heavy (non-hydrogen) atoms. The Hall–Kier alpha value is -1.46. The van der Waals surface area contributed by atoms with Crippen LogP contribution in [0, 0.1) is 0 Å². The molecular weight excluding hydrogens is 282 g/mol. The first kappa shape index (κ1) is 14.5. The molecule has 2 aromatic heterocycles. The van der Waals surface area contributed by atoms with E-state index in [-0.39, 0.29) is 6.04 Å². The lowest BCUT2D eigenvalue weighted by Crippen LogP contribution is -2.30. The second kappa shape index (κ2) is 6.54. The van der Waals surface area contributed by atoms with Crippen LogP contribution in [0.2, 0.25) is 0 Å². The highest BCUT2D eigenvalue weighted by atomic mass is 32.1. The number of thiophene rings is 1. The third kappa shape index (κ3) is 2.80. The molecule has 2 atom stereocenters. The maximum absolute atomic E-state index is 5.42. The molecular formula is C16H21N3OS. The molecule has 0 aliphatic heterocycles. The number of aromatic nitrogens is 2. The fraction of sp³-hybridized carbons (Fsp3) is 0.500. The highest BCUT2D eigenvalue weighted by Crippen LogP contribution is 2.43. The maximum atomic E-state index is 5.42. The van der Waals surface area contributed by atoms with Gasteiger partial charge in [-0.2, -0.15) is 0 Å². The number of ether oxygens (including phenoxy) is 1. The molecule has 1 aliphatic carbocycles. The summed E-state index contributed by atoms with van der Waals surface area (Å²) < 4.78 is 5.42. The number of aryl methyl sites for hydroxylation is 1. The van der Waals surface area contributed by atoms with Crippen molar-refractivity contribution in [1.82, 2.24) is 15.3 Å². The van der Waals surface area contributed by atoms with Crippen LogP contribution in [-0.2, 0) is 6.42 Å². The summed E-state index contributed by atoms with van der Waals surface area (Å²) in [7, 11) is 1.66. The first-order valence-corrected chi connectivity index (χ1v) is 8.37. The van der Waals surface area contributed by atoms with Crippen LogP contribution in [0.1, 0.15) is 47.9 Å². The Balaban J connectivity index is 2.00. The summed E-state index contributed by atoms with van der Waals surface area (Å²) in [5, 5.41) is 5.80. The molecule has 0 radical (unpaired) electrons. The van der Waals surface area contributed by atoms with Crippen molar-refractivity contribution in [2.75, 3.05) is 13.7 Å². The van der Waals surface area contributed by atoms with Crippen LogP contribution in [0.4, 0.5) is 0 Å². The minimum absolute atomic E-state index is 0.160. The van der Waals surface area contributed by atoms with Gasteiger partial charge in [0.1, 0.15) is 5.69 Å². The van der Waals surface area contributed by atoms with Crippen molar-refractivity contribution >= 4 is 11.3 Å². The van der Waals surface area contributed by atoms with Gasteiger partial charge in [0.25, 0.3) is 0 Å². The van der Waals surface area contributed by atoms with Gasteiger partial charge < -0.3 is 10.1 Å². The number of methoxy groups -OCH3 is 1. The lowest BCUT2D eigenvalue weighted by Gasteiger charge is -2.31. The van der Waals surface area contributed by atoms with Crippen LogP contribution in [-0.4, -0.2) is 23.6 Å². The minimum Gasteiger partial charge on any atom is -0.480 e. The summed E-state index contributed by atoms with van der Waals surface area (Å²) in [4.78, 5) is 10.4. The van der Waals surface area contributed by atoms with Crippen molar-refractivity contribution < 1.29 is 4.74 Å². The van der Waals surface area contributed by atoms with E-state index in [0.717, 1.165) is 12.2 Å². The quantitative estimate of drug-likeness (QED) is 0.920. The molecule has 2 heterocycles. The smallest absolute Gasteiger partial charge is 0.237 e. The molecule has 1 aliphatic rings. The van der Waals surface area contributed by atoms with E-state index in [0.29, 0.717) is 11.8 Å². The summed E-state index contributed by atoms with van der Waals surface area (Å²) in [5.74, 6) is 1.08. The average molecular weight is 303 g/mol. The summed E-state index contributed by atoms with van der Waals surface area (Å²) in [6.07, 6.45) is 7.06. The van der Waals surface area contributed by atoms with Gasteiger partial charge in [-0.25, -0.2) is 4.98 Å². The lowest BCUT2D eigenvalue weighted by molar-refractivity contribution is 0.354. The Bertz CT molecular complexity index is 599. The monoisotopic (exact) mass is 303 g/mol. The highest BCUT2D eigenvalue weighted by molar-refractivity contribution is 7.10. The van der Waals surface area contributed by atoms with Crippen LogP contribution in [0.15, 0.2) is 23.8 Å². The predicted molar refractivity (Wildman–Crippen MR) is 85.0 cm³/mol. The Morgan fingerprint density at radius 2 is 2.29 bits per heavy atom. The zero-order valence-electron chi connectivity index (χ0n) is 12.5. The Morgan fingerprint density at radius 1 is 1.43 bits per heavy atom. The fourth-order valence-electron chi connectivity index (χ4n) is 3.22. The number of rotatable bonds is 5. The molecule has 0 amide bonds. The SMILES string of the molecule is CCNC(c1nccnc1OC)C1CCCc2sccc21. The van der Waals surface area contributed by atoms with E-state index in [9.17, 15) is 0 Å². The van der Waals surface area contributed by atoms with E-state index >= 15 is 0 Å². The van der Waals surface area contributed by atoms with Gasteiger partial charge in [-0.15, -0.1) is 11.3 Å². The van der Waals surface area contributed by atoms with E-state index in [1.807, 2.05) is 11.3 Å². The lowest BCUT2D eigenvalue weighted by atomic mass is 9.81. The van der Waals surface area contributed by atoms with E-state index in [2.05, 4.69) is 33.7 Å². The van der Waals surface area contributed by atoms with Crippen molar-refractivity contribution in [2.45, 2.75) is 38.1 Å². The predicted octanol–water partition coefficient (Wildman–Crippen LogP) is 3.32. The molecule has 0 spiro atoms. The van der Waals surface area contributed by atoms with E-state index in [1.54, 1.807) is 19.5 Å². The van der Waals surface area contributed by atoms with Crippen molar-refractivity contribution in [3.8, 4) is 5.88 Å². The average Bonchev–Trinajstić information content (AvgIpc) is 3.01. The number of likely N-dealkylation sites (N-methyl/N-ethyl adjacent to an activating group) is 1. The zero-order chi connectivity index (χ0) is 14.7. The van der Waals surface area contributed by atoms with Gasteiger partial charge >= 0.3 is 0 Å². The first-order valence-electron chi connectivity index (χ1n) is 7.49. The Kier molecular flexibility index (Phi) is 4.51. The van der Waals surface area contributed by atoms with Gasteiger partial charge in [0.2, 0.25) is 5.88 Å². The van der Waals surface area contributed by atoms with E-state index in [4.69, 9.17) is 4.74 Å². The summed E-state index contributed by atoms with van der Waals surface area (Å²) in [6, 6.07) is 2.43. The molecule has 2 aromatic rings. The third-order valence-electron chi connectivity index (χ3n) is 4.10. The Labute approximate surface area is 129 Å². The molecule has 0 bridgehead atoms. The van der Waals surface area contributed by atoms with Gasteiger partial charge in [0, 0.05) is 23.2 Å². The van der Waals surface area contributed by atoms with Crippen LogP contribution >= 0.6 is 11.3 Å². The molecule has 2 unspecified atom stereocenters. The molecule has 4 nitrogen and oxygen atoms in total. The van der Waals surface area contributed by atoms with Crippen molar-refractivity contribution in [3.63, 3.8) is 0 Å². The highest BCUT2D eigenvalue weighted by Gasteiger charge is 2.32. The number of fused-ring (bicyclic) bond motifs is 1. The topological polar surface area (TPSA) is 47.0 Å². The molecule has 3 rings (SSSR count). The van der Waals surface area contributed by atoms with Gasteiger partial charge in [-0.1, -0.05) is 6.92 Å². The van der Waals surface area contributed by atoms with Gasteiger partial charge in [-0.3, -0.25) is 4.98 Å². The largest absolute Gasteiger partial charge is 0.480 e. The number of hydrogen-bond donors (Lipinski definition) is 1. The van der Waals surface area contributed by atoms with Crippen molar-refractivity contribution in [1.29, 1.82) is 0 Å². The summed E-state index contributed by atoms with van der Waals surface area (Å²) in [5.41, 5.74) is 2.40. The van der Waals surface area contributed by atoms with Crippen LogP contribution in [0.5, 0.6) is 5.88 Å². The fourth-order valence-corrected chi connectivity index (χ4v) is 4.22.